The van der Waals surface area contributed by atoms with Crippen LogP contribution in [0.4, 0.5) is 0 Å². The van der Waals surface area contributed by atoms with Gasteiger partial charge in [0.25, 0.3) is 0 Å². The van der Waals surface area contributed by atoms with Gasteiger partial charge in [0, 0.05) is 17.0 Å². The maximum Gasteiger partial charge on any atom is 0.344 e. The molecule has 3 aromatic carbocycles. The number of esters is 1. The summed E-state index contributed by atoms with van der Waals surface area (Å²) in [6.45, 7) is 1.56. The Morgan fingerprint density at radius 2 is 1.88 bits per heavy atom. The van der Waals surface area contributed by atoms with Crippen molar-refractivity contribution in [3.63, 3.8) is 0 Å². The highest BCUT2D eigenvalue weighted by atomic mass is 16.6. The van der Waals surface area contributed by atoms with Crippen LogP contribution in [0, 0.1) is 0 Å². The van der Waals surface area contributed by atoms with Crippen molar-refractivity contribution >= 4 is 33.8 Å². The Balaban J connectivity index is 1.50. The van der Waals surface area contributed by atoms with Crippen molar-refractivity contribution in [2.45, 2.75) is 13.5 Å². The van der Waals surface area contributed by atoms with Crippen molar-refractivity contribution in [2.75, 3.05) is 13.7 Å². The van der Waals surface area contributed by atoms with E-state index in [-0.39, 0.29) is 13.2 Å². The van der Waals surface area contributed by atoms with Gasteiger partial charge in [-0.2, -0.15) is 0 Å². The fourth-order valence-corrected chi connectivity index (χ4v) is 3.57. The second-order valence-corrected chi connectivity index (χ2v) is 7.11. The fraction of sp³-hybridized carbons (Fsp3) is 0.154. The summed E-state index contributed by atoms with van der Waals surface area (Å²) in [6.07, 6.45) is 3.86. The number of allylic oxidation sites excluding steroid dienone is 1. The molecule has 0 bridgehead atoms. The van der Waals surface area contributed by atoms with E-state index in [9.17, 15) is 9.59 Å². The topological polar surface area (TPSA) is 75.0 Å². The first kappa shape index (κ1) is 21.2. The number of carbonyl (C=O) groups excluding carboxylic acids is 1. The first-order chi connectivity index (χ1) is 15.6. The number of fused-ring (bicyclic) bond motifs is 3. The van der Waals surface area contributed by atoms with E-state index >= 15 is 0 Å². The second-order valence-electron chi connectivity index (χ2n) is 7.11. The van der Waals surface area contributed by atoms with E-state index in [0.717, 1.165) is 21.7 Å². The van der Waals surface area contributed by atoms with E-state index in [1.54, 1.807) is 12.1 Å². The van der Waals surface area contributed by atoms with E-state index in [1.807, 2.05) is 61.5 Å². The van der Waals surface area contributed by atoms with Gasteiger partial charge in [-0.1, -0.05) is 48.6 Å². The largest absolute Gasteiger partial charge is 0.493 e. The summed E-state index contributed by atoms with van der Waals surface area (Å²) >= 11 is 0. The van der Waals surface area contributed by atoms with E-state index in [0.29, 0.717) is 22.6 Å². The summed E-state index contributed by atoms with van der Waals surface area (Å²) < 4.78 is 21.7. The average molecular weight is 430 g/mol. The Bertz CT molecular complexity index is 1370. The maximum atomic E-state index is 12.3. The summed E-state index contributed by atoms with van der Waals surface area (Å²) in [7, 11) is 1.54. The third-order valence-corrected chi connectivity index (χ3v) is 5.00. The summed E-state index contributed by atoms with van der Waals surface area (Å²) in [5, 5.41) is 2.66. The Labute approximate surface area is 184 Å². The van der Waals surface area contributed by atoms with Crippen LogP contribution in [0.5, 0.6) is 11.5 Å². The molecule has 0 unspecified atom stereocenters. The molecule has 1 heterocycles. The third kappa shape index (κ3) is 4.49. The van der Waals surface area contributed by atoms with Crippen molar-refractivity contribution in [1.29, 1.82) is 0 Å². The number of carbonyl (C=O) groups is 1. The molecule has 1 aromatic heterocycles. The highest BCUT2D eigenvalue weighted by Crippen LogP contribution is 2.29. The van der Waals surface area contributed by atoms with E-state index < -0.39 is 11.6 Å². The van der Waals surface area contributed by atoms with Crippen LogP contribution in [0.2, 0.25) is 0 Å². The molecule has 0 amide bonds. The summed E-state index contributed by atoms with van der Waals surface area (Å²) in [4.78, 5) is 24.3. The van der Waals surface area contributed by atoms with E-state index in [2.05, 4.69) is 0 Å². The van der Waals surface area contributed by atoms with Crippen LogP contribution >= 0.6 is 0 Å². The zero-order valence-electron chi connectivity index (χ0n) is 17.8. The summed E-state index contributed by atoms with van der Waals surface area (Å²) in [5.41, 5.74) is 1.49. The van der Waals surface area contributed by atoms with Gasteiger partial charge in [-0.3, -0.25) is 0 Å². The van der Waals surface area contributed by atoms with Gasteiger partial charge >= 0.3 is 11.6 Å². The van der Waals surface area contributed by atoms with Crippen molar-refractivity contribution in [2.24, 2.45) is 0 Å². The lowest BCUT2D eigenvalue weighted by Crippen LogP contribution is -2.15. The molecule has 0 aliphatic carbocycles. The Hall–Kier alpha value is -4.06. The van der Waals surface area contributed by atoms with Crippen LogP contribution in [0.15, 0.2) is 76.0 Å². The molecule has 0 fully saturated rings. The predicted molar refractivity (Wildman–Crippen MR) is 123 cm³/mol. The number of benzene rings is 3. The molecule has 4 rings (SSSR count). The summed E-state index contributed by atoms with van der Waals surface area (Å²) in [6, 6.07) is 18.2. The lowest BCUT2D eigenvalue weighted by molar-refractivity contribution is -0.147. The molecule has 0 N–H and O–H groups in total. The van der Waals surface area contributed by atoms with Crippen LogP contribution in [-0.4, -0.2) is 19.7 Å². The van der Waals surface area contributed by atoms with Gasteiger partial charge in [0.15, 0.2) is 18.1 Å². The molecule has 6 heteroatoms. The third-order valence-electron chi connectivity index (χ3n) is 5.00. The lowest BCUT2D eigenvalue weighted by Gasteiger charge is -2.12. The van der Waals surface area contributed by atoms with Crippen molar-refractivity contribution in [3.05, 3.63) is 88.3 Å². The number of rotatable bonds is 7. The molecular formula is C26H22O6. The fourth-order valence-electron chi connectivity index (χ4n) is 3.57. The highest BCUT2D eigenvalue weighted by Gasteiger charge is 2.13. The molecule has 6 nitrogen and oxygen atoms in total. The van der Waals surface area contributed by atoms with Gasteiger partial charge in [-0.05, 0) is 41.5 Å². The van der Waals surface area contributed by atoms with E-state index in [1.165, 1.54) is 13.2 Å². The first-order valence-corrected chi connectivity index (χ1v) is 10.1. The molecule has 0 saturated heterocycles. The van der Waals surface area contributed by atoms with Crippen molar-refractivity contribution < 1.29 is 23.4 Å². The smallest absolute Gasteiger partial charge is 0.344 e. The molecule has 162 valence electrons. The van der Waals surface area contributed by atoms with Gasteiger partial charge in [0.1, 0.15) is 12.2 Å². The molecule has 4 aromatic rings. The first-order valence-electron chi connectivity index (χ1n) is 10.1. The molecule has 0 aliphatic heterocycles. The van der Waals surface area contributed by atoms with Crippen LogP contribution in [0.25, 0.3) is 27.8 Å². The van der Waals surface area contributed by atoms with Crippen LogP contribution in [-0.2, 0) is 16.1 Å². The van der Waals surface area contributed by atoms with Gasteiger partial charge in [-0.25, -0.2) is 9.59 Å². The van der Waals surface area contributed by atoms with Gasteiger partial charge in [0.2, 0.25) is 0 Å². The standard InChI is InChI=1S/C26H22O6/c1-3-6-17-9-11-21(23(13-17)29-2)30-16-25(28)31-15-19-14-24(27)32-22-12-10-18-7-4-5-8-20(18)26(19)22/h3-14H,15-16H2,1-2H3. The molecule has 0 aliphatic rings. The number of ether oxygens (including phenoxy) is 3. The molecule has 32 heavy (non-hydrogen) atoms. The monoisotopic (exact) mass is 430 g/mol. The molecule has 0 saturated carbocycles. The number of methoxy groups -OCH3 is 1. The molecule has 0 radical (unpaired) electrons. The number of hydrogen-bond donors (Lipinski definition) is 0. The molecular weight excluding hydrogens is 408 g/mol. The predicted octanol–water partition coefficient (Wildman–Crippen LogP) is 5.11. The zero-order valence-corrected chi connectivity index (χ0v) is 17.8. The van der Waals surface area contributed by atoms with Crippen LogP contribution < -0.4 is 15.1 Å². The molecule has 0 atom stereocenters. The molecule has 0 spiro atoms. The highest BCUT2D eigenvalue weighted by molar-refractivity contribution is 6.07. The van der Waals surface area contributed by atoms with E-state index in [4.69, 9.17) is 18.6 Å². The quantitative estimate of drug-likeness (QED) is 0.230. The van der Waals surface area contributed by atoms with Gasteiger partial charge in [-0.15, -0.1) is 0 Å². The normalized spacial score (nSPS) is 11.2. The SMILES string of the molecule is CC=Cc1ccc(OCC(=O)OCc2cc(=O)oc3ccc4ccccc4c23)c(OC)c1. The Morgan fingerprint density at radius 1 is 1.03 bits per heavy atom. The second kappa shape index (κ2) is 9.39. The van der Waals surface area contributed by atoms with Crippen molar-refractivity contribution in [3.8, 4) is 11.5 Å². The van der Waals surface area contributed by atoms with Crippen LogP contribution in [0.3, 0.4) is 0 Å². The average Bonchev–Trinajstić information content (AvgIpc) is 2.81. The Morgan fingerprint density at radius 3 is 2.69 bits per heavy atom. The van der Waals surface area contributed by atoms with Crippen LogP contribution in [0.1, 0.15) is 18.1 Å². The zero-order chi connectivity index (χ0) is 22.5. The van der Waals surface area contributed by atoms with Gasteiger partial charge < -0.3 is 18.6 Å². The minimum Gasteiger partial charge on any atom is -0.493 e. The Kier molecular flexibility index (Phi) is 6.22. The lowest BCUT2D eigenvalue weighted by atomic mass is 10.0. The summed E-state index contributed by atoms with van der Waals surface area (Å²) in [5.74, 6) is 0.396. The number of hydrogen-bond acceptors (Lipinski definition) is 6. The maximum absolute atomic E-state index is 12.3. The van der Waals surface area contributed by atoms with Crippen molar-refractivity contribution in [1.82, 2.24) is 0 Å². The minimum atomic E-state index is -0.564. The minimum absolute atomic E-state index is 0.0737. The van der Waals surface area contributed by atoms with Gasteiger partial charge in [0.05, 0.1) is 7.11 Å².